The van der Waals surface area contributed by atoms with Crippen LogP contribution < -0.4 is 16.0 Å². The zero-order valence-electron chi connectivity index (χ0n) is 10.4. The number of methoxy groups -OCH3 is 1. The van der Waals surface area contributed by atoms with E-state index in [1.165, 1.54) is 25.6 Å². The summed E-state index contributed by atoms with van der Waals surface area (Å²) in [6.45, 7) is 2.18. The Kier molecular flexibility index (Phi) is 5.48. The number of nitrogen functional groups attached to an aromatic ring is 1. The highest BCUT2D eigenvalue weighted by molar-refractivity contribution is 7.89. The van der Waals surface area contributed by atoms with Crippen LogP contribution in [0.4, 0.5) is 5.69 Å². The second-order valence-corrected chi connectivity index (χ2v) is 5.38. The molecule has 1 heterocycles. The average molecular weight is 274 g/mol. The summed E-state index contributed by atoms with van der Waals surface area (Å²) in [7, 11) is -2.15. The molecule has 0 aliphatic heterocycles. The molecule has 18 heavy (non-hydrogen) atoms. The second-order valence-electron chi connectivity index (χ2n) is 3.70. The van der Waals surface area contributed by atoms with Gasteiger partial charge in [-0.3, -0.25) is 10.8 Å². The Labute approximate surface area is 107 Å². The molecule has 0 aromatic carbocycles. The van der Waals surface area contributed by atoms with Crippen molar-refractivity contribution >= 4 is 15.7 Å². The molecule has 4 N–H and O–H groups in total. The number of ether oxygens (including phenoxy) is 1. The van der Waals surface area contributed by atoms with Crippen LogP contribution in [0.5, 0.6) is 0 Å². The molecule has 1 rings (SSSR count). The fourth-order valence-electron chi connectivity index (χ4n) is 1.43. The third-order valence-corrected chi connectivity index (χ3v) is 3.96. The van der Waals surface area contributed by atoms with Gasteiger partial charge in [-0.2, -0.15) is 0 Å². The summed E-state index contributed by atoms with van der Waals surface area (Å²) < 4.78 is 31.8. The van der Waals surface area contributed by atoms with Crippen molar-refractivity contribution < 1.29 is 13.2 Å². The number of hydrogen-bond donors (Lipinski definition) is 3. The van der Waals surface area contributed by atoms with E-state index in [4.69, 9.17) is 10.6 Å². The van der Waals surface area contributed by atoms with Gasteiger partial charge in [-0.25, -0.2) is 13.1 Å². The lowest BCUT2D eigenvalue weighted by atomic mass is 10.3. The Morgan fingerprint density at radius 3 is 2.83 bits per heavy atom. The Morgan fingerprint density at radius 2 is 2.28 bits per heavy atom. The van der Waals surface area contributed by atoms with Crippen LogP contribution in [0, 0.1) is 0 Å². The van der Waals surface area contributed by atoms with Crippen LogP contribution in [-0.4, -0.2) is 33.2 Å². The van der Waals surface area contributed by atoms with Gasteiger partial charge in [0.15, 0.2) is 0 Å². The fraction of sp³-hybridized carbons (Fsp3) is 0.500. The third-order valence-electron chi connectivity index (χ3n) is 2.41. The van der Waals surface area contributed by atoms with E-state index in [-0.39, 0.29) is 10.9 Å². The Balaban J connectivity index is 2.98. The number of rotatable bonds is 7. The predicted octanol–water partition coefficient (Wildman–Crippen LogP) is 0.0705. The Hall–Kier alpha value is -1.22. The molecule has 0 saturated carbocycles. The monoisotopic (exact) mass is 274 g/mol. The minimum Gasteiger partial charge on any atom is -0.383 e. The molecule has 102 valence electrons. The quantitative estimate of drug-likeness (QED) is 0.480. The Morgan fingerprint density at radius 1 is 1.56 bits per heavy atom. The van der Waals surface area contributed by atoms with E-state index >= 15 is 0 Å². The first-order chi connectivity index (χ1) is 8.55. The molecule has 7 nitrogen and oxygen atoms in total. The van der Waals surface area contributed by atoms with E-state index in [0.29, 0.717) is 18.7 Å². The zero-order chi connectivity index (χ0) is 13.6. The van der Waals surface area contributed by atoms with Crippen molar-refractivity contribution in [1.82, 2.24) is 9.71 Å². The van der Waals surface area contributed by atoms with Crippen molar-refractivity contribution in [2.24, 2.45) is 5.84 Å². The molecule has 0 saturated heterocycles. The first-order valence-electron chi connectivity index (χ1n) is 5.47. The molecular weight excluding hydrogens is 256 g/mol. The summed E-state index contributed by atoms with van der Waals surface area (Å²) in [6.07, 6.45) is 3.33. The molecule has 1 aromatic heterocycles. The van der Waals surface area contributed by atoms with Crippen molar-refractivity contribution in [3.63, 3.8) is 0 Å². The maximum absolute atomic E-state index is 12.2. The molecule has 0 spiro atoms. The summed E-state index contributed by atoms with van der Waals surface area (Å²) in [6, 6.07) is 1.21. The molecule has 0 amide bonds. The smallest absolute Gasteiger partial charge is 0.244 e. The van der Waals surface area contributed by atoms with Gasteiger partial charge < -0.3 is 10.2 Å². The SMILES string of the molecule is CCC(COC)NS(=O)(=O)c1cnccc1NN. The van der Waals surface area contributed by atoms with E-state index < -0.39 is 10.0 Å². The molecule has 0 fully saturated rings. The van der Waals surface area contributed by atoms with Gasteiger partial charge in [0.25, 0.3) is 0 Å². The first kappa shape index (κ1) is 14.8. The normalized spacial score (nSPS) is 13.3. The summed E-state index contributed by atoms with van der Waals surface area (Å²) in [5, 5.41) is 0. The van der Waals surface area contributed by atoms with Crippen molar-refractivity contribution in [2.75, 3.05) is 19.1 Å². The van der Waals surface area contributed by atoms with Crippen molar-refractivity contribution in [3.8, 4) is 0 Å². The van der Waals surface area contributed by atoms with Crippen LogP contribution in [-0.2, 0) is 14.8 Å². The topological polar surface area (TPSA) is 106 Å². The summed E-state index contributed by atoms with van der Waals surface area (Å²) in [5.74, 6) is 5.27. The molecule has 1 atom stereocenters. The van der Waals surface area contributed by atoms with Crippen LogP contribution in [0.3, 0.4) is 0 Å². The van der Waals surface area contributed by atoms with Gasteiger partial charge in [0, 0.05) is 25.5 Å². The van der Waals surface area contributed by atoms with Crippen LogP contribution in [0.2, 0.25) is 0 Å². The van der Waals surface area contributed by atoms with Crippen LogP contribution in [0.25, 0.3) is 0 Å². The average Bonchev–Trinajstić information content (AvgIpc) is 2.38. The van der Waals surface area contributed by atoms with Crippen LogP contribution >= 0.6 is 0 Å². The lowest BCUT2D eigenvalue weighted by Crippen LogP contribution is -2.37. The molecule has 8 heteroatoms. The van der Waals surface area contributed by atoms with Gasteiger partial charge in [-0.05, 0) is 12.5 Å². The maximum atomic E-state index is 12.2. The predicted molar refractivity (Wildman–Crippen MR) is 68.3 cm³/mol. The van der Waals surface area contributed by atoms with E-state index in [0.717, 1.165) is 0 Å². The highest BCUT2D eigenvalue weighted by Gasteiger charge is 2.22. The number of anilines is 1. The lowest BCUT2D eigenvalue weighted by Gasteiger charge is -2.17. The molecule has 1 unspecified atom stereocenters. The number of nitrogens with one attached hydrogen (secondary N) is 2. The van der Waals surface area contributed by atoms with E-state index in [1.807, 2.05) is 6.92 Å². The largest absolute Gasteiger partial charge is 0.383 e. The first-order valence-corrected chi connectivity index (χ1v) is 6.95. The third kappa shape index (κ3) is 3.64. The minimum atomic E-state index is -3.67. The number of sulfonamides is 1. The molecule has 0 aliphatic rings. The summed E-state index contributed by atoms with van der Waals surface area (Å²) in [4.78, 5) is 3.81. The minimum absolute atomic E-state index is 0.0158. The molecule has 0 radical (unpaired) electrons. The van der Waals surface area contributed by atoms with Gasteiger partial charge in [-0.15, -0.1) is 0 Å². The highest BCUT2D eigenvalue weighted by atomic mass is 32.2. The molecule has 0 aliphatic carbocycles. The van der Waals surface area contributed by atoms with Crippen molar-refractivity contribution in [1.29, 1.82) is 0 Å². The van der Waals surface area contributed by atoms with Gasteiger partial charge in [-0.1, -0.05) is 6.92 Å². The van der Waals surface area contributed by atoms with Gasteiger partial charge >= 0.3 is 0 Å². The summed E-state index contributed by atoms with van der Waals surface area (Å²) in [5.41, 5.74) is 2.63. The molecule has 1 aromatic rings. The Bertz CT molecular complexity index is 478. The lowest BCUT2D eigenvalue weighted by molar-refractivity contribution is 0.173. The van der Waals surface area contributed by atoms with Gasteiger partial charge in [0.2, 0.25) is 10.0 Å². The number of hydrogen-bond acceptors (Lipinski definition) is 6. The number of hydrazine groups is 1. The number of nitrogens with zero attached hydrogens (tertiary/aromatic N) is 1. The second kappa shape index (κ2) is 6.64. The van der Waals surface area contributed by atoms with Crippen LogP contribution in [0.15, 0.2) is 23.4 Å². The van der Waals surface area contributed by atoms with Gasteiger partial charge in [0.05, 0.1) is 12.3 Å². The van der Waals surface area contributed by atoms with Crippen molar-refractivity contribution in [2.45, 2.75) is 24.3 Å². The number of pyridine rings is 1. The fourth-order valence-corrected chi connectivity index (χ4v) is 2.85. The van der Waals surface area contributed by atoms with E-state index in [2.05, 4.69) is 15.1 Å². The zero-order valence-corrected chi connectivity index (χ0v) is 11.2. The van der Waals surface area contributed by atoms with E-state index in [9.17, 15) is 8.42 Å². The number of nitrogens with two attached hydrogens (primary N) is 1. The molecular formula is C10H18N4O3S. The highest BCUT2D eigenvalue weighted by Crippen LogP contribution is 2.18. The maximum Gasteiger partial charge on any atom is 0.244 e. The van der Waals surface area contributed by atoms with Crippen LogP contribution in [0.1, 0.15) is 13.3 Å². The standard InChI is InChI=1S/C10H18N4O3S/c1-3-8(7-17-2)14-18(15,16)10-6-12-5-4-9(10)13-11/h4-6,8,14H,3,7,11H2,1-2H3,(H,12,13). The summed E-state index contributed by atoms with van der Waals surface area (Å²) >= 11 is 0. The molecule has 0 bridgehead atoms. The van der Waals surface area contributed by atoms with E-state index in [1.54, 1.807) is 0 Å². The number of aromatic nitrogens is 1. The van der Waals surface area contributed by atoms with Gasteiger partial charge in [0.1, 0.15) is 4.90 Å². The van der Waals surface area contributed by atoms with Crippen molar-refractivity contribution in [3.05, 3.63) is 18.5 Å².